The highest BCUT2D eigenvalue weighted by Crippen LogP contribution is 2.64. The van der Waals surface area contributed by atoms with E-state index >= 15 is 0 Å². The molecule has 3 aromatic rings. The Balaban J connectivity index is 1.25. The Hall–Kier alpha value is -3.90. The molecule has 0 unspecified atom stereocenters. The quantitative estimate of drug-likeness (QED) is 0.159. The van der Waals surface area contributed by atoms with Gasteiger partial charge in [0.1, 0.15) is 17.6 Å². The highest BCUT2D eigenvalue weighted by molar-refractivity contribution is 5.92. The molecule has 4 aliphatic rings. The number of piperidine rings is 1. The first-order chi connectivity index (χ1) is 21.8. The molecule has 6 nitrogen and oxygen atoms in total. The Morgan fingerprint density at radius 2 is 1.80 bits per heavy atom. The number of hydrogen-bond donors (Lipinski definition) is 0. The fraction of sp³-hybridized carbons (Fsp3) is 0.436. The molecule has 1 saturated carbocycles. The lowest BCUT2D eigenvalue weighted by Crippen LogP contribution is -2.69. The predicted octanol–water partition coefficient (Wildman–Crippen LogP) is 6.46. The summed E-state index contributed by atoms with van der Waals surface area (Å²) < 4.78 is 12.9. The second-order valence-corrected chi connectivity index (χ2v) is 13.8. The average molecular weight is 605 g/mol. The summed E-state index contributed by atoms with van der Waals surface area (Å²) in [4.78, 5) is 31.0. The molecular weight excluding hydrogens is 560 g/mol. The molecule has 0 aromatic heterocycles. The van der Waals surface area contributed by atoms with Gasteiger partial charge in [-0.1, -0.05) is 74.5 Å². The van der Waals surface area contributed by atoms with Crippen LogP contribution in [0.5, 0.6) is 11.5 Å². The van der Waals surface area contributed by atoms with Crippen LogP contribution in [0.15, 0.2) is 78.9 Å². The summed E-state index contributed by atoms with van der Waals surface area (Å²) in [5.41, 5.74) is 4.53. The molecule has 2 bridgehead atoms. The molecular formula is C39H44N2O4. The Bertz CT molecular complexity index is 1590. The maximum Gasteiger partial charge on any atom is 0.308 e. The van der Waals surface area contributed by atoms with Crippen molar-refractivity contribution in [3.8, 4) is 11.5 Å². The highest BCUT2D eigenvalue weighted by atomic mass is 16.5. The van der Waals surface area contributed by atoms with Crippen LogP contribution >= 0.6 is 0 Å². The van der Waals surface area contributed by atoms with Crippen LogP contribution in [0.25, 0.3) is 6.08 Å². The van der Waals surface area contributed by atoms with Crippen LogP contribution < -0.4 is 9.47 Å². The number of nitrogens with zero attached hydrogens (tertiary/aromatic N) is 2. The molecule has 2 fully saturated rings. The molecule has 1 amide bonds. The molecule has 3 aromatic carbocycles. The van der Waals surface area contributed by atoms with Crippen LogP contribution in [0.2, 0.25) is 0 Å². The van der Waals surface area contributed by atoms with Gasteiger partial charge in [-0.05, 0) is 79.8 Å². The summed E-state index contributed by atoms with van der Waals surface area (Å²) in [7, 11) is 0. The molecule has 1 saturated heterocycles. The van der Waals surface area contributed by atoms with Crippen LogP contribution in [0.3, 0.4) is 0 Å². The molecule has 5 atom stereocenters. The highest BCUT2D eigenvalue weighted by Gasteiger charge is 2.66. The summed E-state index contributed by atoms with van der Waals surface area (Å²) >= 11 is 0. The standard InChI is InChI=1S/C39H44N2O4/c1-26(2)25-41(36(43)19-14-28-10-6-4-7-11-28)32-16-15-31-33-24-30-34(44-27(3)42)17-18-35-37(30)39(31,38(32)45-35)21-23-40(33)22-20-29-12-8-5-9-13-29/h4-14,17-19,26,31-33,38H,15-16,20-25H2,1-3H3/t31-,32+,33+,38-,39-/m0/s1. The van der Waals surface area contributed by atoms with Gasteiger partial charge in [0.25, 0.3) is 0 Å². The van der Waals surface area contributed by atoms with Gasteiger partial charge in [0, 0.05) is 48.7 Å². The molecule has 234 valence electrons. The zero-order valence-corrected chi connectivity index (χ0v) is 26.7. The predicted molar refractivity (Wildman–Crippen MR) is 176 cm³/mol. The molecule has 0 radical (unpaired) electrons. The lowest BCUT2D eigenvalue weighted by atomic mass is 9.50. The van der Waals surface area contributed by atoms with Crippen molar-refractivity contribution in [1.82, 2.24) is 9.80 Å². The Kier molecular flexibility index (Phi) is 8.03. The van der Waals surface area contributed by atoms with Gasteiger partial charge in [0.2, 0.25) is 5.91 Å². The number of carbonyl (C=O) groups is 2. The van der Waals surface area contributed by atoms with E-state index in [9.17, 15) is 9.59 Å². The second-order valence-electron chi connectivity index (χ2n) is 13.8. The maximum atomic E-state index is 14.0. The Morgan fingerprint density at radius 1 is 1.04 bits per heavy atom. The molecule has 0 N–H and O–H groups in total. The van der Waals surface area contributed by atoms with E-state index in [1.807, 2.05) is 48.5 Å². The van der Waals surface area contributed by atoms with Gasteiger partial charge in [-0.2, -0.15) is 0 Å². The fourth-order valence-corrected chi connectivity index (χ4v) is 8.97. The van der Waals surface area contributed by atoms with Gasteiger partial charge in [-0.15, -0.1) is 0 Å². The van der Waals surface area contributed by atoms with Gasteiger partial charge in [-0.25, -0.2) is 0 Å². The Labute approximate surface area is 267 Å². The number of likely N-dealkylation sites (tertiary alicyclic amines) is 1. The monoisotopic (exact) mass is 604 g/mol. The minimum Gasteiger partial charge on any atom is -0.487 e. The van der Waals surface area contributed by atoms with Gasteiger partial charge < -0.3 is 14.4 Å². The molecule has 2 aliphatic heterocycles. The normalized spacial score (nSPS) is 26.4. The van der Waals surface area contributed by atoms with Crippen molar-refractivity contribution in [3.63, 3.8) is 0 Å². The third-order valence-electron chi connectivity index (χ3n) is 10.7. The largest absolute Gasteiger partial charge is 0.487 e. The van der Waals surface area contributed by atoms with Gasteiger partial charge in [0.05, 0.1) is 6.04 Å². The van der Waals surface area contributed by atoms with E-state index in [1.165, 1.54) is 18.1 Å². The van der Waals surface area contributed by atoms with Crippen molar-refractivity contribution >= 4 is 18.0 Å². The summed E-state index contributed by atoms with van der Waals surface area (Å²) in [6.45, 7) is 8.50. The topological polar surface area (TPSA) is 59.1 Å². The lowest BCUT2D eigenvalue weighted by Gasteiger charge is -2.60. The number of ether oxygens (including phenoxy) is 2. The zero-order valence-electron chi connectivity index (χ0n) is 26.7. The van der Waals surface area contributed by atoms with Crippen LogP contribution in [0.1, 0.15) is 62.3 Å². The lowest BCUT2D eigenvalue weighted by molar-refractivity contribution is -0.138. The van der Waals surface area contributed by atoms with E-state index in [1.54, 1.807) is 6.08 Å². The first-order valence-electron chi connectivity index (χ1n) is 16.7. The van der Waals surface area contributed by atoms with Crippen molar-refractivity contribution in [2.24, 2.45) is 11.8 Å². The molecule has 2 heterocycles. The second kappa shape index (κ2) is 12.1. The van der Waals surface area contributed by atoms with E-state index in [0.29, 0.717) is 30.2 Å². The van der Waals surface area contributed by atoms with Gasteiger partial charge in [0.15, 0.2) is 0 Å². The van der Waals surface area contributed by atoms with E-state index < -0.39 is 0 Å². The number of rotatable bonds is 9. The molecule has 6 heteroatoms. The molecule has 1 spiro atoms. The van der Waals surface area contributed by atoms with Crippen molar-refractivity contribution in [2.75, 3.05) is 19.6 Å². The summed E-state index contributed by atoms with van der Waals surface area (Å²) in [5.74, 6) is 2.06. The van der Waals surface area contributed by atoms with E-state index in [-0.39, 0.29) is 29.4 Å². The van der Waals surface area contributed by atoms with E-state index in [4.69, 9.17) is 9.47 Å². The van der Waals surface area contributed by atoms with Crippen molar-refractivity contribution in [1.29, 1.82) is 0 Å². The smallest absolute Gasteiger partial charge is 0.308 e. The van der Waals surface area contributed by atoms with Crippen LogP contribution in [0.4, 0.5) is 0 Å². The molecule has 2 aliphatic carbocycles. The zero-order chi connectivity index (χ0) is 31.1. The van der Waals surface area contributed by atoms with Crippen molar-refractivity contribution in [2.45, 2.75) is 76.5 Å². The van der Waals surface area contributed by atoms with Crippen LogP contribution in [-0.2, 0) is 27.8 Å². The SMILES string of the molecule is CC(=O)Oc1ccc2c3c1C[C@@H]1[C@@H]4CC[C@@H](N(CC(C)C)C(=O)C=Cc5ccccc5)[C@H](O2)[C@]34CCN1CCc1ccccc1. The maximum absolute atomic E-state index is 14.0. The fourth-order valence-electron chi connectivity index (χ4n) is 8.97. The average Bonchev–Trinajstić information content (AvgIpc) is 3.37. The number of amides is 1. The van der Waals surface area contributed by atoms with Gasteiger partial charge in [-0.3, -0.25) is 14.5 Å². The summed E-state index contributed by atoms with van der Waals surface area (Å²) in [5, 5.41) is 0. The summed E-state index contributed by atoms with van der Waals surface area (Å²) in [6, 6.07) is 25.0. The number of carbonyl (C=O) groups excluding carboxylic acids is 2. The van der Waals surface area contributed by atoms with Crippen LogP contribution in [0, 0.1) is 11.8 Å². The first-order valence-corrected chi connectivity index (χ1v) is 16.7. The minimum atomic E-state index is -0.298. The van der Waals surface area contributed by atoms with E-state index in [0.717, 1.165) is 62.1 Å². The van der Waals surface area contributed by atoms with Crippen molar-refractivity contribution < 1.29 is 19.1 Å². The third kappa shape index (κ3) is 5.37. The van der Waals surface area contributed by atoms with Crippen LogP contribution in [-0.4, -0.2) is 59.5 Å². The van der Waals surface area contributed by atoms with Crippen molar-refractivity contribution in [3.05, 3.63) is 101 Å². The van der Waals surface area contributed by atoms with Gasteiger partial charge >= 0.3 is 5.97 Å². The molecule has 7 rings (SSSR count). The summed E-state index contributed by atoms with van der Waals surface area (Å²) in [6.07, 6.45) is 8.31. The molecule has 45 heavy (non-hydrogen) atoms. The number of hydrogen-bond acceptors (Lipinski definition) is 5. The number of esters is 1. The van der Waals surface area contributed by atoms with E-state index in [2.05, 4.69) is 54.0 Å². The third-order valence-corrected chi connectivity index (χ3v) is 10.7. The minimum absolute atomic E-state index is 0.0383. The number of benzene rings is 3. The first kappa shape index (κ1) is 29.8. The Morgan fingerprint density at radius 3 is 2.53 bits per heavy atom.